The quantitative estimate of drug-likeness (QED) is 0.655. The molecule has 2 aromatic rings. The first-order chi connectivity index (χ1) is 6.48. The number of nitrogen functional groups attached to an aromatic ring is 1. The van der Waals surface area contributed by atoms with Crippen molar-refractivity contribution in [2.45, 2.75) is 26.2 Å². The molecule has 0 radical (unpaired) electrons. The second-order valence-electron chi connectivity index (χ2n) is 4.75. The monoisotopic (exact) mass is 188 g/mol. The van der Waals surface area contributed by atoms with E-state index >= 15 is 0 Å². The zero-order valence-corrected chi connectivity index (χ0v) is 8.89. The molecule has 0 fully saturated rings. The standard InChI is InChI=1S/C12H16N2/c1-12(2,3)8-4-5-11-9(6-8)10(13)7-14-11/h4-7,14H,13H2,1-3H3. The van der Waals surface area contributed by atoms with E-state index in [-0.39, 0.29) is 5.41 Å². The Balaban J connectivity index is 2.66. The van der Waals surface area contributed by atoms with Gasteiger partial charge in [0.15, 0.2) is 0 Å². The summed E-state index contributed by atoms with van der Waals surface area (Å²) >= 11 is 0. The van der Waals surface area contributed by atoms with Gasteiger partial charge in [-0.05, 0) is 23.1 Å². The van der Waals surface area contributed by atoms with E-state index in [9.17, 15) is 0 Å². The van der Waals surface area contributed by atoms with Crippen LogP contribution in [-0.2, 0) is 5.41 Å². The SMILES string of the molecule is CC(C)(C)c1ccc2[nH]cc(N)c2c1. The van der Waals surface area contributed by atoms with Crippen molar-refractivity contribution >= 4 is 16.6 Å². The van der Waals surface area contributed by atoms with Crippen LogP contribution in [0.1, 0.15) is 26.3 Å². The highest BCUT2D eigenvalue weighted by atomic mass is 14.7. The highest BCUT2D eigenvalue weighted by Crippen LogP contribution is 2.28. The van der Waals surface area contributed by atoms with Gasteiger partial charge < -0.3 is 10.7 Å². The molecule has 0 unspecified atom stereocenters. The van der Waals surface area contributed by atoms with E-state index in [1.54, 1.807) is 0 Å². The highest BCUT2D eigenvalue weighted by Gasteiger charge is 2.14. The van der Waals surface area contributed by atoms with Crippen LogP contribution in [0, 0.1) is 0 Å². The molecule has 0 aliphatic rings. The van der Waals surface area contributed by atoms with Crippen LogP contribution in [0.25, 0.3) is 10.9 Å². The molecule has 2 rings (SSSR count). The largest absolute Gasteiger partial charge is 0.397 e. The average molecular weight is 188 g/mol. The fraction of sp³-hybridized carbons (Fsp3) is 0.333. The van der Waals surface area contributed by atoms with Crippen LogP contribution in [0.15, 0.2) is 24.4 Å². The third-order valence-corrected chi connectivity index (χ3v) is 2.58. The molecule has 0 aliphatic heterocycles. The Bertz CT molecular complexity index is 461. The van der Waals surface area contributed by atoms with Gasteiger partial charge in [-0.1, -0.05) is 26.8 Å². The molecule has 0 bridgehead atoms. The number of rotatable bonds is 0. The Morgan fingerprint density at radius 1 is 1.21 bits per heavy atom. The summed E-state index contributed by atoms with van der Waals surface area (Å²) in [6.45, 7) is 6.62. The van der Waals surface area contributed by atoms with Crippen LogP contribution in [0.4, 0.5) is 5.69 Å². The van der Waals surface area contributed by atoms with Gasteiger partial charge in [-0.3, -0.25) is 0 Å². The van der Waals surface area contributed by atoms with Gasteiger partial charge in [-0.15, -0.1) is 0 Å². The number of hydrogen-bond donors (Lipinski definition) is 2. The van der Waals surface area contributed by atoms with Gasteiger partial charge >= 0.3 is 0 Å². The van der Waals surface area contributed by atoms with Gasteiger partial charge in [0.25, 0.3) is 0 Å². The van der Waals surface area contributed by atoms with E-state index in [4.69, 9.17) is 5.73 Å². The smallest absolute Gasteiger partial charge is 0.0571 e. The van der Waals surface area contributed by atoms with Gasteiger partial charge in [0, 0.05) is 17.1 Å². The molecule has 2 heteroatoms. The Labute approximate surface area is 84.1 Å². The van der Waals surface area contributed by atoms with E-state index in [1.165, 1.54) is 5.56 Å². The first-order valence-corrected chi connectivity index (χ1v) is 4.85. The van der Waals surface area contributed by atoms with Crippen molar-refractivity contribution < 1.29 is 0 Å². The van der Waals surface area contributed by atoms with Gasteiger partial charge in [-0.2, -0.15) is 0 Å². The number of nitrogens with one attached hydrogen (secondary N) is 1. The lowest BCUT2D eigenvalue weighted by atomic mass is 9.86. The second kappa shape index (κ2) is 2.77. The number of aromatic nitrogens is 1. The molecule has 1 aromatic carbocycles. The first-order valence-electron chi connectivity index (χ1n) is 4.85. The summed E-state index contributed by atoms with van der Waals surface area (Å²) in [5.74, 6) is 0. The number of fused-ring (bicyclic) bond motifs is 1. The molecule has 0 atom stereocenters. The van der Waals surface area contributed by atoms with E-state index < -0.39 is 0 Å². The topological polar surface area (TPSA) is 41.8 Å². The fourth-order valence-corrected chi connectivity index (χ4v) is 1.61. The normalized spacial score (nSPS) is 12.2. The highest BCUT2D eigenvalue weighted by molar-refractivity contribution is 5.91. The molecular weight excluding hydrogens is 172 g/mol. The van der Waals surface area contributed by atoms with Crippen molar-refractivity contribution in [3.63, 3.8) is 0 Å². The summed E-state index contributed by atoms with van der Waals surface area (Å²) in [7, 11) is 0. The van der Waals surface area contributed by atoms with E-state index in [0.717, 1.165) is 16.6 Å². The molecule has 2 nitrogen and oxygen atoms in total. The molecule has 74 valence electrons. The number of anilines is 1. The van der Waals surface area contributed by atoms with Gasteiger partial charge in [0.05, 0.1) is 5.69 Å². The Hall–Kier alpha value is -1.44. The summed E-state index contributed by atoms with van der Waals surface area (Å²) in [5, 5.41) is 1.12. The molecule has 0 saturated carbocycles. The van der Waals surface area contributed by atoms with E-state index in [1.807, 2.05) is 6.20 Å². The number of aromatic amines is 1. The first kappa shape index (κ1) is 9.13. The van der Waals surface area contributed by atoms with Crippen LogP contribution >= 0.6 is 0 Å². The average Bonchev–Trinajstić information content (AvgIpc) is 2.46. The summed E-state index contributed by atoms with van der Waals surface area (Å²) < 4.78 is 0. The number of benzene rings is 1. The minimum atomic E-state index is 0.178. The van der Waals surface area contributed by atoms with Gasteiger partial charge in [-0.25, -0.2) is 0 Å². The van der Waals surface area contributed by atoms with Crippen molar-refractivity contribution in [2.24, 2.45) is 0 Å². The molecule has 0 saturated heterocycles. The van der Waals surface area contributed by atoms with E-state index in [2.05, 4.69) is 44.0 Å². The summed E-state index contributed by atoms with van der Waals surface area (Å²) in [5.41, 5.74) is 9.28. The van der Waals surface area contributed by atoms with Crippen molar-refractivity contribution in [3.8, 4) is 0 Å². The lowest BCUT2D eigenvalue weighted by Gasteiger charge is -2.18. The molecule has 0 aliphatic carbocycles. The maximum atomic E-state index is 5.86. The third kappa shape index (κ3) is 1.37. The van der Waals surface area contributed by atoms with Crippen LogP contribution < -0.4 is 5.73 Å². The summed E-state index contributed by atoms with van der Waals surface area (Å²) in [6, 6.07) is 6.41. The van der Waals surface area contributed by atoms with Crippen molar-refractivity contribution in [1.82, 2.24) is 4.98 Å². The zero-order valence-electron chi connectivity index (χ0n) is 8.89. The lowest BCUT2D eigenvalue weighted by Crippen LogP contribution is -2.10. The number of hydrogen-bond acceptors (Lipinski definition) is 1. The maximum absolute atomic E-state index is 5.86. The predicted molar refractivity (Wildman–Crippen MR) is 61.4 cm³/mol. The van der Waals surface area contributed by atoms with Crippen molar-refractivity contribution in [1.29, 1.82) is 0 Å². The minimum absolute atomic E-state index is 0.178. The predicted octanol–water partition coefficient (Wildman–Crippen LogP) is 3.05. The molecule has 14 heavy (non-hydrogen) atoms. The fourth-order valence-electron chi connectivity index (χ4n) is 1.61. The van der Waals surface area contributed by atoms with Crippen LogP contribution in [0.3, 0.4) is 0 Å². The van der Waals surface area contributed by atoms with Gasteiger partial charge in [0.1, 0.15) is 0 Å². The molecule has 0 spiro atoms. The lowest BCUT2D eigenvalue weighted by molar-refractivity contribution is 0.591. The second-order valence-corrected chi connectivity index (χ2v) is 4.75. The maximum Gasteiger partial charge on any atom is 0.0571 e. The van der Waals surface area contributed by atoms with Crippen molar-refractivity contribution in [3.05, 3.63) is 30.0 Å². The third-order valence-electron chi connectivity index (χ3n) is 2.58. The summed E-state index contributed by atoms with van der Waals surface area (Å²) in [4.78, 5) is 3.14. The zero-order chi connectivity index (χ0) is 10.3. The molecular formula is C12H16N2. The Morgan fingerprint density at radius 3 is 2.57 bits per heavy atom. The summed E-state index contributed by atoms with van der Waals surface area (Å²) in [6.07, 6.45) is 1.84. The van der Waals surface area contributed by atoms with Crippen molar-refractivity contribution in [2.75, 3.05) is 5.73 Å². The minimum Gasteiger partial charge on any atom is -0.397 e. The number of nitrogens with two attached hydrogens (primary N) is 1. The molecule has 1 aromatic heterocycles. The van der Waals surface area contributed by atoms with Crippen LogP contribution in [0.5, 0.6) is 0 Å². The van der Waals surface area contributed by atoms with Crippen LogP contribution in [-0.4, -0.2) is 4.98 Å². The van der Waals surface area contributed by atoms with Crippen LogP contribution in [0.2, 0.25) is 0 Å². The van der Waals surface area contributed by atoms with E-state index in [0.29, 0.717) is 0 Å². The Morgan fingerprint density at radius 2 is 1.93 bits per heavy atom. The Kier molecular flexibility index (Phi) is 1.81. The van der Waals surface area contributed by atoms with Gasteiger partial charge in [0.2, 0.25) is 0 Å². The molecule has 3 N–H and O–H groups in total. The molecule has 1 heterocycles. The number of H-pyrrole nitrogens is 1. The molecule has 0 amide bonds.